The summed E-state index contributed by atoms with van der Waals surface area (Å²) in [6.07, 6.45) is 1.01. The van der Waals surface area contributed by atoms with Crippen molar-refractivity contribution in [1.82, 2.24) is 0 Å². The third-order valence-corrected chi connectivity index (χ3v) is 3.99. The van der Waals surface area contributed by atoms with E-state index in [1.54, 1.807) is 0 Å². The fourth-order valence-corrected chi connectivity index (χ4v) is 2.74. The molecule has 0 aromatic heterocycles. The van der Waals surface area contributed by atoms with Crippen LogP contribution in [-0.4, -0.2) is 33.7 Å². The van der Waals surface area contributed by atoms with Crippen molar-refractivity contribution in [2.45, 2.75) is 23.8 Å². The Balaban J connectivity index is 2.19. The van der Waals surface area contributed by atoms with Gasteiger partial charge in [0.2, 0.25) is 10.0 Å². The zero-order valence-electron chi connectivity index (χ0n) is 10.5. The number of hydrogen-bond donors (Lipinski definition) is 1. The van der Waals surface area contributed by atoms with Crippen LogP contribution >= 0.6 is 11.6 Å². The Morgan fingerprint density at radius 2 is 1.95 bits per heavy atom. The minimum atomic E-state index is -3.93. The van der Waals surface area contributed by atoms with Crippen molar-refractivity contribution in [3.05, 3.63) is 28.8 Å². The van der Waals surface area contributed by atoms with Crippen molar-refractivity contribution in [3.8, 4) is 0 Å². The molecule has 1 aliphatic heterocycles. The quantitative estimate of drug-likeness (QED) is 0.848. The Morgan fingerprint density at radius 1 is 1.30 bits per heavy atom. The molecule has 0 amide bonds. The molecule has 0 spiro atoms. The highest BCUT2D eigenvalue weighted by Gasteiger charge is 2.21. The Bertz CT molecular complexity index is 610. The minimum absolute atomic E-state index is 0.0630. The molecule has 6 nitrogen and oxygen atoms in total. The SMILES string of the molecule is NS(=O)(=O)c1cc(Cl)cc(C(=O)OC2CCOCC2)c1. The van der Waals surface area contributed by atoms with Crippen molar-refractivity contribution in [2.75, 3.05) is 13.2 Å². The first kappa shape index (κ1) is 15.2. The van der Waals surface area contributed by atoms with Crippen LogP contribution < -0.4 is 5.14 Å². The second-order valence-corrected chi connectivity index (χ2v) is 6.44. The van der Waals surface area contributed by atoms with Gasteiger partial charge in [-0.25, -0.2) is 18.4 Å². The van der Waals surface area contributed by atoms with Gasteiger partial charge in [0.1, 0.15) is 6.10 Å². The molecule has 1 aliphatic rings. The molecule has 110 valence electrons. The average Bonchev–Trinajstić information content (AvgIpc) is 2.38. The zero-order valence-corrected chi connectivity index (χ0v) is 12.1. The van der Waals surface area contributed by atoms with E-state index in [4.69, 9.17) is 26.2 Å². The van der Waals surface area contributed by atoms with Gasteiger partial charge in [-0.3, -0.25) is 0 Å². The molecule has 0 bridgehead atoms. The molecule has 0 radical (unpaired) electrons. The summed E-state index contributed by atoms with van der Waals surface area (Å²) < 4.78 is 33.0. The fraction of sp³-hybridized carbons (Fsp3) is 0.417. The molecule has 2 rings (SSSR count). The zero-order chi connectivity index (χ0) is 14.8. The van der Waals surface area contributed by atoms with Gasteiger partial charge in [-0.2, -0.15) is 0 Å². The predicted molar refractivity (Wildman–Crippen MR) is 72.1 cm³/mol. The molecule has 0 saturated carbocycles. The third kappa shape index (κ3) is 3.92. The molecule has 1 fully saturated rings. The monoisotopic (exact) mass is 319 g/mol. The normalized spacial score (nSPS) is 16.9. The summed E-state index contributed by atoms with van der Waals surface area (Å²) in [5, 5.41) is 5.13. The van der Waals surface area contributed by atoms with Gasteiger partial charge in [-0.15, -0.1) is 0 Å². The fourth-order valence-electron chi connectivity index (χ4n) is 1.86. The van der Waals surface area contributed by atoms with Crippen molar-refractivity contribution in [1.29, 1.82) is 0 Å². The summed E-state index contributed by atoms with van der Waals surface area (Å²) in [5.41, 5.74) is 0.0630. The number of primary sulfonamides is 1. The predicted octanol–water partition coefficient (Wildman–Crippen LogP) is 1.32. The van der Waals surface area contributed by atoms with Crippen LogP contribution in [0.25, 0.3) is 0 Å². The standard InChI is InChI=1S/C12H14ClNO5S/c13-9-5-8(6-11(7-9)20(14,16)17)12(15)19-10-1-3-18-4-2-10/h5-7,10H,1-4H2,(H2,14,16,17). The molecule has 20 heavy (non-hydrogen) atoms. The number of carbonyl (C=O) groups excluding carboxylic acids is 1. The molecule has 0 aliphatic carbocycles. The number of benzene rings is 1. The van der Waals surface area contributed by atoms with Crippen LogP contribution in [0.4, 0.5) is 0 Å². The van der Waals surface area contributed by atoms with E-state index in [1.807, 2.05) is 0 Å². The lowest BCUT2D eigenvalue weighted by molar-refractivity contribution is -0.0159. The maximum atomic E-state index is 12.0. The van der Waals surface area contributed by atoms with Gasteiger partial charge in [-0.05, 0) is 18.2 Å². The molecule has 1 saturated heterocycles. The number of halogens is 1. The minimum Gasteiger partial charge on any atom is -0.459 e. The lowest BCUT2D eigenvalue weighted by Crippen LogP contribution is -2.26. The van der Waals surface area contributed by atoms with Crippen LogP contribution in [0.3, 0.4) is 0 Å². The number of sulfonamides is 1. The average molecular weight is 320 g/mol. The molecular weight excluding hydrogens is 306 g/mol. The maximum absolute atomic E-state index is 12.0. The smallest absolute Gasteiger partial charge is 0.338 e. The molecule has 0 atom stereocenters. The second kappa shape index (κ2) is 6.09. The largest absolute Gasteiger partial charge is 0.459 e. The second-order valence-electron chi connectivity index (χ2n) is 4.44. The first-order chi connectivity index (χ1) is 9.36. The van der Waals surface area contributed by atoms with Gasteiger partial charge >= 0.3 is 5.97 Å². The van der Waals surface area contributed by atoms with Gasteiger partial charge < -0.3 is 9.47 Å². The first-order valence-corrected chi connectivity index (χ1v) is 7.91. The summed E-state index contributed by atoms with van der Waals surface area (Å²) >= 11 is 5.80. The summed E-state index contributed by atoms with van der Waals surface area (Å²) in [7, 11) is -3.93. The highest BCUT2D eigenvalue weighted by molar-refractivity contribution is 7.89. The van der Waals surface area contributed by atoms with Crippen LogP contribution in [0.1, 0.15) is 23.2 Å². The van der Waals surface area contributed by atoms with Gasteiger partial charge in [-0.1, -0.05) is 11.6 Å². The van der Waals surface area contributed by atoms with E-state index >= 15 is 0 Å². The summed E-state index contributed by atoms with van der Waals surface area (Å²) in [5.74, 6) is -0.621. The van der Waals surface area contributed by atoms with E-state index in [0.717, 1.165) is 6.07 Å². The van der Waals surface area contributed by atoms with Crippen molar-refractivity contribution in [2.24, 2.45) is 5.14 Å². The van der Waals surface area contributed by atoms with Crippen molar-refractivity contribution >= 4 is 27.6 Å². The van der Waals surface area contributed by atoms with E-state index in [1.165, 1.54) is 12.1 Å². The van der Waals surface area contributed by atoms with Crippen LogP contribution in [0.5, 0.6) is 0 Å². The van der Waals surface area contributed by atoms with E-state index in [9.17, 15) is 13.2 Å². The molecule has 2 N–H and O–H groups in total. The van der Waals surface area contributed by atoms with E-state index in [-0.39, 0.29) is 21.6 Å². The number of nitrogens with two attached hydrogens (primary N) is 1. The number of rotatable bonds is 3. The number of ether oxygens (including phenoxy) is 2. The van der Waals surface area contributed by atoms with Crippen LogP contribution in [0, 0.1) is 0 Å². The van der Waals surface area contributed by atoms with Crippen LogP contribution in [-0.2, 0) is 19.5 Å². The molecule has 8 heteroatoms. The molecular formula is C12H14ClNO5S. The lowest BCUT2D eigenvalue weighted by atomic mass is 10.1. The number of esters is 1. The summed E-state index contributed by atoms with van der Waals surface area (Å²) in [4.78, 5) is 11.8. The topological polar surface area (TPSA) is 95.7 Å². The third-order valence-electron chi connectivity index (χ3n) is 2.88. The van der Waals surface area contributed by atoms with Gasteiger partial charge in [0.25, 0.3) is 0 Å². The summed E-state index contributed by atoms with van der Waals surface area (Å²) in [6.45, 7) is 1.08. The Labute approximate surface area is 121 Å². The van der Waals surface area contributed by atoms with E-state index < -0.39 is 16.0 Å². The summed E-state index contributed by atoms with van der Waals surface area (Å²) in [6, 6.07) is 3.68. The Hall–Kier alpha value is -1.15. The van der Waals surface area contributed by atoms with E-state index in [0.29, 0.717) is 26.1 Å². The lowest BCUT2D eigenvalue weighted by Gasteiger charge is -2.22. The maximum Gasteiger partial charge on any atom is 0.338 e. The van der Waals surface area contributed by atoms with Crippen LogP contribution in [0.15, 0.2) is 23.1 Å². The molecule has 1 aromatic carbocycles. The van der Waals surface area contributed by atoms with Gasteiger partial charge in [0.05, 0.1) is 23.7 Å². The van der Waals surface area contributed by atoms with Gasteiger partial charge in [0.15, 0.2) is 0 Å². The molecule has 1 aromatic rings. The Morgan fingerprint density at radius 3 is 2.55 bits per heavy atom. The van der Waals surface area contributed by atoms with Crippen molar-refractivity contribution in [3.63, 3.8) is 0 Å². The first-order valence-electron chi connectivity index (χ1n) is 5.98. The number of carbonyl (C=O) groups is 1. The number of hydrogen-bond acceptors (Lipinski definition) is 5. The van der Waals surface area contributed by atoms with Crippen molar-refractivity contribution < 1.29 is 22.7 Å². The van der Waals surface area contributed by atoms with E-state index in [2.05, 4.69) is 0 Å². The Kier molecular flexibility index (Phi) is 4.64. The molecule has 0 unspecified atom stereocenters. The highest BCUT2D eigenvalue weighted by atomic mass is 35.5. The van der Waals surface area contributed by atoms with Gasteiger partial charge in [0, 0.05) is 17.9 Å². The highest BCUT2D eigenvalue weighted by Crippen LogP contribution is 2.20. The van der Waals surface area contributed by atoms with Crippen LogP contribution in [0.2, 0.25) is 5.02 Å². The molecule has 1 heterocycles.